The van der Waals surface area contributed by atoms with Crippen molar-refractivity contribution in [3.63, 3.8) is 0 Å². The predicted octanol–water partition coefficient (Wildman–Crippen LogP) is 4.37. The number of rotatable bonds is 4. The molecule has 9 heteroatoms. The average molecular weight is 422 g/mol. The largest absolute Gasteiger partial charge is 0.416 e. The Bertz CT molecular complexity index is 1170. The summed E-state index contributed by atoms with van der Waals surface area (Å²) in [5.74, 6) is -2.30. The molecule has 0 unspecified atom stereocenters. The second-order valence-electron chi connectivity index (χ2n) is 6.50. The van der Waals surface area contributed by atoms with E-state index in [0.29, 0.717) is 5.69 Å². The molecule has 30 heavy (non-hydrogen) atoms. The van der Waals surface area contributed by atoms with Crippen LogP contribution in [0.2, 0.25) is 0 Å². The molecular weight excluding hydrogens is 407 g/mol. The summed E-state index contributed by atoms with van der Waals surface area (Å²) >= 11 is 0. The van der Waals surface area contributed by atoms with Crippen LogP contribution in [0.25, 0.3) is 5.69 Å². The maximum absolute atomic E-state index is 13.7. The van der Waals surface area contributed by atoms with Gasteiger partial charge in [0.05, 0.1) is 5.56 Å². The molecule has 0 bridgehead atoms. The van der Waals surface area contributed by atoms with E-state index in [1.807, 2.05) is 0 Å². The van der Waals surface area contributed by atoms with Gasteiger partial charge in [0.1, 0.15) is 17.2 Å². The van der Waals surface area contributed by atoms with E-state index in [2.05, 4.69) is 5.32 Å². The molecule has 0 saturated heterocycles. The van der Waals surface area contributed by atoms with Gasteiger partial charge in [-0.05, 0) is 55.5 Å². The smallest absolute Gasteiger partial charge is 0.348 e. The molecule has 0 aliphatic rings. The second-order valence-corrected chi connectivity index (χ2v) is 6.50. The minimum atomic E-state index is -4.60. The molecule has 0 aliphatic heterocycles. The van der Waals surface area contributed by atoms with E-state index in [0.717, 1.165) is 41.0 Å². The number of pyridine rings is 1. The van der Waals surface area contributed by atoms with E-state index in [-0.39, 0.29) is 23.4 Å². The van der Waals surface area contributed by atoms with E-state index in [9.17, 15) is 31.5 Å². The normalized spacial score (nSPS) is 11.4. The Morgan fingerprint density at radius 1 is 1.03 bits per heavy atom. The third-order valence-electron chi connectivity index (χ3n) is 4.40. The maximum Gasteiger partial charge on any atom is 0.416 e. The van der Waals surface area contributed by atoms with Crippen molar-refractivity contribution in [1.29, 1.82) is 0 Å². The van der Waals surface area contributed by atoms with Crippen molar-refractivity contribution in [3.05, 3.63) is 99.0 Å². The highest BCUT2D eigenvalue weighted by molar-refractivity contribution is 5.93. The number of amides is 1. The molecule has 0 aliphatic carbocycles. The van der Waals surface area contributed by atoms with Gasteiger partial charge in [0.25, 0.3) is 11.5 Å². The van der Waals surface area contributed by atoms with Crippen molar-refractivity contribution in [1.82, 2.24) is 9.88 Å². The summed E-state index contributed by atoms with van der Waals surface area (Å²) in [5, 5.41) is 2.32. The molecular formula is C21H15F5N2O2. The molecule has 1 amide bonds. The summed E-state index contributed by atoms with van der Waals surface area (Å²) in [5.41, 5.74) is -2.00. The number of halogens is 5. The Balaban J connectivity index is 1.94. The topological polar surface area (TPSA) is 51.1 Å². The highest BCUT2D eigenvalue weighted by atomic mass is 19.4. The molecule has 0 radical (unpaired) electrons. The highest BCUT2D eigenvalue weighted by Crippen LogP contribution is 2.30. The average Bonchev–Trinajstić information content (AvgIpc) is 2.68. The lowest BCUT2D eigenvalue weighted by molar-refractivity contribution is -0.137. The first-order valence-electron chi connectivity index (χ1n) is 8.70. The predicted molar refractivity (Wildman–Crippen MR) is 99.3 cm³/mol. The van der Waals surface area contributed by atoms with E-state index in [1.165, 1.54) is 25.1 Å². The van der Waals surface area contributed by atoms with E-state index in [4.69, 9.17) is 0 Å². The van der Waals surface area contributed by atoms with Crippen LogP contribution in [0.1, 0.15) is 27.2 Å². The van der Waals surface area contributed by atoms with Crippen LogP contribution in [-0.2, 0) is 12.7 Å². The molecule has 0 saturated carbocycles. The number of nitrogens with zero attached hydrogens (tertiary/aromatic N) is 1. The third kappa shape index (κ3) is 4.40. The van der Waals surface area contributed by atoms with Crippen molar-refractivity contribution in [2.45, 2.75) is 19.6 Å². The van der Waals surface area contributed by atoms with Gasteiger partial charge in [0.2, 0.25) is 0 Å². The molecule has 3 rings (SSSR count). The van der Waals surface area contributed by atoms with Crippen LogP contribution in [0.3, 0.4) is 0 Å². The van der Waals surface area contributed by atoms with Gasteiger partial charge >= 0.3 is 6.18 Å². The molecule has 1 N–H and O–H groups in total. The van der Waals surface area contributed by atoms with Gasteiger partial charge < -0.3 is 5.32 Å². The molecule has 1 aromatic heterocycles. The molecule has 156 valence electrons. The van der Waals surface area contributed by atoms with Crippen molar-refractivity contribution in [2.75, 3.05) is 0 Å². The van der Waals surface area contributed by atoms with Crippen molar-refractivity contribution in [3.8, 4) is 5.69 Å². The number of aryl methyl sites for hydroxylation is 1. The molecule has 4 nitrogen and oxygen atoms in total. The minimum Gasteiger partial charge on any atom is -0.348 e. The van der Waals surface area contributed by atoms with Gasteiger partial charge in [-0.25, -0.2) is 8.78 Å². The fraction of sp³-hybridized carbons (Fsp3) is 0.143. The van der Waals surface area contributed by atoms with Crippen LogP contribution in [0.5, 0.6) is 0 Å². The van der Waals surface area contributed by atoms with Crippen molar-refractivity contribution >= 4 is 5.91 Å². The third-order valence-corrected chi connectivity index (χ3v) is 4.40. The van der Waals surface area contributed by atoms with E-state index >= 15 is 0 Å². The zero-order chi connectivity index (χ0) is 22.1. The zero-order valence-corrected chi connectivity index (χ0v) is 15.6. The van der Waals surface area contributed by atoms with Gasteiger partial charge in [-0.3, -0.25) is 14.2 Å². The van der Waals surface area contributed by atoms with Crippen LogP contribution < -0.4 is 10.9 Å². The van der Waals surface area contributed by atoms with Gasteiger partial charge in [0.15, 0.2) is 0 Å². The fourth-order valence-electron chi connectivity index (χ4n) is 2.89. The van der Waals surface area contributed by atoms with Crippen molar-refractivity contribution in [2.24, 2.45) is 0 Å². The number of aromatic nitrogens is 1. The van der Waals surface area contributed by atoms with E-state index < -0.39 is 34.8 Å². The molecule has 1 heterocycles. The first-order valence-corrected chi connectivity index (χ1v) is 8.70. The number of nitrogens with one attached hydrogen (secondary N) is 1. The minimum absolute atomic E-state index is 0.0573. The Morgan fingerprint density at radius 2 is 1.77 bits per heavy atom. The van der Waals surface area contributed by atoms with Gasteiger partial charge in [0, 0.05) is 23.5 Å². The van der Waals surface area contributed by atoms with Crippen molar-refractivity contribution < 1.29 is 26.7 Å². The molecule has 3 aromatic rings. The summed E-state index contributed by atoms with van der Waals surface area (Å²) < 4.78 is 66.9. The zero-order valence-electron chi connectivity index (χ0n) is 15.6. The first-order chi connectivity index (χ1) is 14.1. The molecule has 0 spiro atoms. The lowest BCUT2D eigenvalue weighted by Gasteiger charge is -2.14. The van der Waals surface area contributed by atoms with Gasteiger partial charge in [-0.15, -0.1) is 0 Å². The maximum atomic E-state index is 13.7. The standard InChI is InChI=1S/C21H15F5N2O2/c1-12-5-7-17(19(29)27-11-13-9-15(22)6-8-18(13)23)20(30)28(12)16-4-2-3-14(10-16)21(24,25)26/h2-10H,11H2,1H3,(H,27,29). The summed E-state index contributed by atoms with van der Waals surface area (Å²) in [4.78, 5) is 25.2. The van der Waals surface area contributed by atoms with Crippen LogP contribution in [0.15, 0.2) is 59.4 Å². The number of hydrogen-bond donors (Lipinski definition) is 1. The Kier molecular flexibility index (Phi) is 5.73. The SMILES string of the molecule is Cc1ccc(C(=O)NCc2cc(F)ccc2F)c(=O)n1-c1cccc(C(F)(F)F)c1. The Labute approximate surface area is 167 Å². The van der Waals surface area contributed by atoms with E-state index in [1.54, 1.807) is 0 Å². The number of carbonyl (C=O) groups is 1. The van der Waals surface area contributed by atoms with Crippen LogP contribution in [0, 0.1) is 18.6 Å². The lowest BCUT2D eigenvalue weighted by Crippen LogP contribution is -2.33. The van der Waals surface area contributed by atoms with Crippen LogP contribution >= 0.6 is 0 Å². The Morgan fingerprint density at radius 3 is 2.47 bits per heavy atom. The molecule has 2 aromatic carbocycles. The molecule has 0 atom stereocenters. The van der Waals surface area contributed by atoms with Crippen LogP contribution in [-0.4, -0.2) is 10.5 Å². The number of carbonyl (C=O) groups excluding carboxylic acids is 1. The fourth-order valence-corrected chi connectivity index (χ4v) is 2.89. The summed E-state index contributed by atoms with van der Waals surface area (Å²) in [7, 11) is 0. The van der Waals surface area contributed by atoms with Crippen LogP contribution in [0.4, 0.5) is 22.0 Å². The molecule has 0 fully saturated rings. The number of alkyl halides is 3. The summed E-state index contributed by atoms with van der Waals surface area (Å²) in [6, 6.07) is 9.50. The first kappa shape index (κ1) is 21.2. The summed E-state index contributed by atoms with van der Waals surface area (Å²) in [6.07, 6.45) is -4.60. The summed E-state index contributed by atoms with van der Waals surface area (Å²) in [6.45, 7) is 1.13. The van der Waals surface area contributed by atoms with Gasteiger partial charge in [-0.1, -0.05) is 6.07 Å². The monoisotopic (exact) mass is 422 g/mol. The number of benzene rings is 2. The highest BCUT2D eigenvalue weighted by Gasteiger charge is 2.30. The Hall–Kier alpha value is -3.49. The second kappa shape index (κ2) is 8.10. The quantitative estimate of drug-likeness (QED) is 0.635. The number of hydrogen-bond acceptors (Lipinski definition) is 2. The lowest BCUT2D eigenvalue weighted by atomic mass is 10.1. The van der Waals surface area contributed by atoms with Gasteiger partial charge in [-0.2, -0.15) is 13.2 Å².